The van der Waals surface area contributed by atoms with Gasteiger partial charge in [-0.1, -0.05) is 103 Å². The van der Waals surface area contributed by atoms with Crippen LogP contribution < -0.4 is 0 Å². The second-order valence-electron chi connectivity index (χ2n) is 12.1. The zero-order valence-corrected chi connectivity index (χ0v) is 24.9. The predicted molar refractivity (Wildman–Crippen MR) is 191 cm³/mol. The number of fused-ring (bicyclic) bond motifs is 15. The molecule has 0 bridgehead atoms. The summed E-state index contributed by atoms with van der Waals surface area (Å²) in [7, 11) is 0. The summed E-state index contributed by atoms with van der Waals surface area (Å²) in [5, 5.41) is 9.81. The Morgan fingerprint density at radius 1 is 0.426 bits per heavy atom. The first-order valence-corrected chi connectivity index (χ1v) is 15.8. The average molecular weight is 602 g/mol. The van der Waals surface area contributed by atoms with Gasteiger partial charge >= 0.3 is 0 Å². The van der Waals surface area contributed by atoms with E-state index in [2.05, 4.69) is 102 Å². The first-order chi connectivity index (χ1) is 23.3. The lowest BCUT2D eigenvalue weighted by atomic mass is 9.95. The van der Waals surface area contributed by atoms with Crippen molar-refractivity contribution < 1.29 is 8.83 Å². The van der Waals surface area contributed by atoms with Crippen LogP contribution in [0, 0.1) is 0 Å². The van der Waals surface area contributed by atoms with Crippen LogP contribution in [-0.2, 0) is 0 Å². The highest BCUT2D eigenvalue weighted by atomic mass is 16.3. The molecule has 47 heavy (non-hydrogen) atoms. The Morgan fingerprint density at radius 2 is 1.09 bits per heavy atom. The number of furan rings is 2. The van der Waals surface area contributed by atoms with Crippen LogP contribution in [0.3, 0.4) is 0 Å². The number of benzene rings is 7. The van der Waals surface area contributed by atoms with Gasteiger partial charge in [0, 0.05) is 48.7 Å². The van der Waals surface area contributed by atoms with Crippen molar-refractivity contribution in [2.24, 2.45) is 0 Å². The maximum absolute atomic E-state index is 6.85. The van der Waals surface area contributed by atoms with E-state index in [9.17, 15) is 0 Å². The molecule has 4 heterocycles. The molecule has 218 valence electrons. The largest absolute Gasteiger partial charge is 0.456 e. The van der Waals surface area contributed by atoms with E-state index in [1.807, 2.05) is 42.5 Å². The summed E-state index contributed by atoms with van der Waals surface area (Å²) >= 11 is 0. The van der Waals surface area contributed by atoms with Gasteiger partial charge in [0.05, 0.1) is 16.7 Å². The Balaban J connectivity index is 1.43. The zero-order chi connectivity index (χ0) is 30.6. The van der Waals surface area contributed by atoms with Gasteiger partial charge in [-0.25, -0.2) is 9.97 Å². The highest BCUT2D eigenvalue weighted by molar-refractivity contribution is 6.41. The minimum atomic E-state index is 0.596. The summed E-state index contributed by atoms with van der Waals surface area (Å²) < 4.78 is 15.5. The molecule has 0 spiro atoms. The van der Waals surface area contributed by atoms with E-state index < -0.39 is 0 Å². The van der Waals surface area contributed by atoms with Gasteiger partial charge in [-0.3, -0.25) is 4.57 Å². The normalized spacial score (nSPS) is 12.3. The van der Waals surface area contributed by atoms with Crippen molar-refractivity contribution in [1.29, 1.82) is 0 Å². The van der Waals surface area contributed by atoms with Crippen LogP contribution in [-0.4, -0.2) is 14.5 Å². The molecule has 0 saturated heterocycles. The standard InChI is InChI=1S/C42H23N3O2/c1-2-12-24(13-3-1)39-25-14-4-8-18-30(25)43-42(44-39)45-31-19-9-5-15-26(31)38-37-29(22-23-34-36(37)28-17-7-10-20-32(28)46-34)35-27-16-6-11-21-33(27)47-41(35)40(38)45/h1-23H. The second-order valence-corrected chi connectivity index (χ2v) is 12.1. The van der Waals surface area contributed by atoms with E-state index in [0.29, 0.717) is 5.95 Å². The molecule has 0 aliphatic heterocycles. The molecule has 4 aromatic heterocycles. The minimum Gasteiger partial charge on any atom is -0.456 e. The average Bonchev–Trinajstić information content (AvgIpc) is 3.81. The Hall–Kier alpha value is -6.46. The summed E-state index contributed by atoms with van der Waals surface area (Å²) in [4.78, 5) is 10.6. The molecule has 7 aromatic carbocycles. The molecule has 5 nitrogen and oxygen atoms in total. The van der Waals surface area contributed by atoms with Gasteiger partial charge in [0.15, 0.2) is 5.58 Å². The van der Waals surface area contributed by atoms with E-state index >= 15 is 0 Å². The minimum absolute atomic E-state index is 0.596. The highest BCUT2D eigenvalue weighted by Gasteiger charge is 2.26. The molecule has 0 N–H and O–H groups in total. The lowest BCUT2D eigenvalue weighted by Gasteiger charge is -2.12. The van der Waals surface area contributed by atoms with E-state index in [1.165, 1.54) is 0 Å². The fraction of sp³-hybridized carbons (Fsp3) is 0. The van der Waals surface area contributed by atoms with Gasteiger partial charge in [0.25, 0.3) is 0 Å². The first-order valence-electron chi connectivity index (χ1n) is 15.8. The fourth-order valence-corrected chi connectivity index (χ4v) is 7.66. The van der Waals surface area contributed by atoms with E-state index in [1.54, 1.807) is 0 Å². The third kappa shape index (κ3) is 3.27. The van der Waals surface area contributed by atoms with Crippen molar-refractivity contribution in [1.82, 2.24) is 14.5 Å². The predicted octanol–water partition coefficient (Wildman–Crippen LogP) is 11.3. The molecule has 11 aromatic rings. The third-order valence-corrected chi connectivity index (χ3v) is 9.59. The van der Waals surface area contributed by atoms with Crippen molar-refractivity contribution in [2.45, 2.75) is 0 Å². The van der Waals surface area contributed by atoms with Gasteiger partial charge < -0.3 is 8.83 Å². The van der Waals surface area contributed by atoms with Gasteiger partial charge in [-0.05, 0) is 41.8 Å². The van der Waals surface area contributed by atoms with Gasteiger partial charge in [-0.2, -0.15) is 0 Å². The van der Waals surface area contributed by atoms with E-state index in [0.717, 1.165) is 98.6 Å². The van der Waals surface area contributed by atoms with Crippen molar-refractivity contribution in [2.75, 3.05) is 0 Å². The molecule has 0 aliphatic rings. The Bertz CT molecular complexity index is 3070. The molecule has 5 heteroatoms. The summed E-state index contributed by atoms with van der Waals surface area (Å²) in [5.41, 5.74) is 8.15. The fourth-order valence-electron chi connectivity index (χ4n) is 7.66. The Morgan fingerprint density at radius 3 is 1.91 bits per heavy atom. The zero-order valence-electron chi connectivity index (χ0n) is 24.9. The van der Waals surface area contributed by atoms with Crippen molar-refractivity contribution in [3.05, 3.63) is 140 Å². The van der Waals surface area contributed by atoms with Gasteiger partial charge in [-0.15, -0.1) is 0 Å². The quantitative estimate of drug-likeness (QED) is 0.198. The van der Waals surface area contributed by atoms with Gasteiger partial charge in [0.1, 0.15) is 22.3 Å². The van der Waals surface area contributed by atoms with Crippen molar-refractivity contribution in [3.63, 3.8) is 0 Å². The maximum Gasteiger partial charge on any atom is 0.235 e. The number of nitrogens with zero attached hydrogens (tertiary/aromatic N) is 3. The number of hydrogen-bond donors (Lipinski definition) is 0. The smallest absolute Gasteiger partial charge is 0.235 e. The van der Waals surface area contributed by atoms with Crippen LogP contribution in [0.5, 0.6) is 0 Å². The summed E-state index contributed by atoms with van der Waals surface area (Å²) in [5.74, 6) is 0.596. The molecule has 0 atom stereocenters. The number of para-hydroxylation sites is 4. The molecule has 0 saturated carbocycles. The lowest BCUT2D eigenvalue weighted by molar-refractivity contribution is 0.669. The van der Waals surface area contributed by atoms with Crippen molar-refractivity contribution in [3.8, 4) is 17.2 Å². The van der Waals surface area contributed by atoms with Crippen LogP contribution in [0.4, 0.5) is 0 Å². The van der Waals surface area contributed by atoms with Gasteiger partial charge in [0.2, 0.25) is 5.95 Å². The number of hydrogen-bond acceptors (Lipinski definition) is 4. The summed E-state index contributed by atoms with van der Waals surface area (Å²) in [6.45, 7) is 0. The van der Waals surface area contributed by atoms with Crippen LogP contribution >= 0.6 is 0 Å². The highest BCUT2D eigenvalue weighted by Crippen LogP contribution is 2.49. The third-order valence-electron chi connectivity index (χ3n) is 9.59. The molecule has 0 radical (unpaired) electrons. The van der Waals surface area contributed by atoms with E-state index in [4.69, 9.17) is 18.8 Å². The topological polar surface area (TPSA) is 57.0 Å². The molecule has 0 aliphatic carbocycles. The SMILES string of the molecule is c1ccc(-c2nc(-n3c4ccccc4c4c5c(ccc6oc7ccccc7c65)c5c6ccccc6oc5c43)nc3ccccc23)cc1. The maximum atomic E-state index is 6.85. The molecule has 0 unspecified atom stereocenters. The lowest BCUT2D eigenvalue weighted by Crippen LogP contribution is -2.03. The molecule has 0 amide bonds. The number of rotatable bonds is 2. The summed E-state index contributed by atoms with van der Waals surface area (Å²) in [6, 6.07) is 48.0. The second kappa shape index (κ2) is 9.05. The van der Waals surface area contributed by atoms with Crippen LogP contribution in [0.25, 0.3) is 105 Å². The van der Waals surface area contributed by atoms with Crippen LogP contribution in [0.1, 0.15) is 0 Å². The molecule has 0 fully saturated rings. The number of aromatic nitrogens is 3. The Labute approximate surface area is 266 Å². The molecular formula is C42H23N3O2. The first kappa shape index (κ1) is 24.8. The Kier molecular flexibility index (Phi) is 4.78. The van der Waals surface area contributed by atoms with Crippen molar-refractivity contribution >= 4 is 87.4 Å². The van der Waals surface area contributed by atoms with Crippen LogP contribution in [0.15, 0.2) is 148 Å². The van der Waals surface area contributed by atoms with Crippen LogP contribution in [0.2, 0.25) is 0 Å². The van der Waals surface area contributed by atoms with E-state index in [-0.39, 0.29) is 0 Å². The monoisotopic (exact) mass is 601 g/mol. The molecular weight excluding hydrogens is 578 g/mol. The molecule has 11 rings (SSSR count). The summed E-state index contributed by atoms with van der Waals surface area (Å²) in [6.07, 6.45) is 0.